The highest BCUT2D eigenvalue weighted by molar-refractivity contribution is 6.22. The second-order valence-electron chi connectivity index (χ2n) is 4.58. The molecule has 2 unspecified atom stereocenters. The van der Waals surface area contributed by atoms with Crippen molar-refractivity contribution in [2.75, 3.05) is 13.6 Å². The lowest BCUT2D eigenvalue weighted by Crippen LogP contribution is -2.41. The summed E-state index contributed by atoms with van der Waals surface area (Å²) in [6.07, 6.45) is 0. The van der Waals surface area contributed by atoms with Crippen LogP contribution >= 0.6 is 11.6 Å². The number of hydrogen-bond donors (Lipinski definition) is 0. The van der Waals surface area contributed by atoms with Gasteiger partial charge < -0.3 is 4.90 Å². The van der Waals surface area contributed by atoms with E-state index >= 15 is 0 Å². The fourth-order valence-electron chi connectivity index (χ4n) is 1.11. The molecule has 0 radical (unpaired) electrons. The average molecular weight is 203 g/mol. The number of alkyl halides is 1. The van der Waals surface area contributed by atoms with Crippen molar-refractivity contribution in [2.24, 2.45) is 5.41 Å². The minimum Gasteiger partial charge on any atom is -0.301 e. The molecule has 13 heavy (non-hydrogen) atoms. The normalized spacial score (nSPS) is 16.8. The van der Waals surface area contributed by atoms with Crippen LogP contribution in [-0.2, 0) is 0 Å². The monoisotopic (exact) mass is 202 g/mol. The van der Waals surface area contributed by atoms with Gasteiger partial charge in [0.15, 0.2) is 0 Å². The van der Waals surface area contributed by atoms with Crippen LogP contribution in [0.25, 0.3) is 0 Å². The summed E-state index contributed by atoms with van der Waals surface area (Å²) in [6.45, 7) is 9.33. The SMILES string of the molecule is CC(N(C)CC(Cl)C#N)C(C)(C)C. The van der Waals surface area contributed by atoms with Crippen molar-refractivity contribution in [1.29, 1.82) is 5.26 Å². The van der Waals surface area contributed by atoms with Gasteiger partial charge in [-0.15, -0.1) is 11.6 Å². The number of rotatable bonds is 3. The summed E-state index contributed by atoms with van der Waals surface area (Å²) in [5, 5.41) is 8.15. The summed E-state index contributed by atoms with van der Waals surface area (Å²) in [5.74, 6) is 0. The smallest absolute Gasteiger partial charge is 0.133 e. The van der Waals surface area contributed by atoms with E-state index in [1.807, 2.05) is 13.1 Å². The minimum absolute atomic E-state index is 0.223. The van der Waals surface area contributed by atoms with Gasteiger partial charge in [-0.3, -0.25) is 0 Å². The van der Waals surface area contributed by atoms with E-state index < -0.39 is 5.38 Å². The Morgan fingerprint density at radius 3 is 2.23 bits per heavy atom. The molecule has 0 amide bonds. The fraction of sp³-hybridized carbons (Fsp3) is 0.900. The first kappa shape index (κ1) is 12.7. The van der Waals surface area contributed by atoms with Gasteiger partial charge in [0.1, 0.15) is 5.38 Å². The fourth-order valence-corrected chi connectivity index (χ4v) is 1.33. The highest BCUT2D eigenvalue weighted by Gasteiger charge is 2.24. The minimum atomic E-state index is -0.408. The molecule has 0 aromatic carbocycles. The summed E-state index contributed by atoms with van der Waals surface area (Å²) in [6, 6.07) is 2.44. The molecule has 0 rings (SSSR count). The molecule has 0 bridgehead atoms. The van der Waals surface area contributed by atoms with Crippen LogP contribution in [0.2, 0.25) is 0 Å². The lowest BCUT2D eigenvalue weighted by molar-refractivity contribution is 0.144. The highest BCUT2D eigenvalue weighted by atomic mass is 35.5. The summed E-state index contributed by atoms with van der Waals surface area (Å²) in [4.78, 5) is 2.13. The van der Waals surface area contributed by atoms with E-state index in [1.54, 1.807) is 0 Å². The maximum atomic E-state index is 8.56. The number of nitrogens with zero attached hydrogens (tertiary/aromatic N) is 2. The first-order chi connectivity index (χ1) is 5.79. The summed E-state index contributed by atoms with van der Waals surface area (Å²) < 4.78 is 0. The molecule has 0 spiro atoms. The largest absolute Gasteiger partial charge is 0.301 e. The van der Waals surface area contributed by atoms with Crippen LogP contribution in [0.1, 0.15) is 27.7 Å². The highest BCUT2D eigenvalue weighted by Crippen LogP contribution is 2.23. The van der Waals surface area contributed by atoms with Crippen molar-refractivity contribution in [1.82, 2.24) is 4.90 Å². The van der Waals surface area contributed by atoms with E-state index in [1.165, 1.54) is 0 Å². The van der Waals surface area contributed by atoms with E-state index in [4.69, 9.17) is 16.9 Å². The Balaban J connectivity index is 4.13. The predicted molar refractivity (Wildman–Crippen MR) is 56.8 cm³/mol. The maximum Gasteiger partial charge on any atom is 0.133 e. The molecule has 0 saturated heterocycles. The second-order valence-corrected chi connectivity index (χ2v) is 5.11. The third-order valence-electron chi connectivity index (χ3n) is 2.50. The zero-order valence-corrected chi connectivity index (χ0v) is 9.89. The molecule has 76 valence electrons. The number of halogens is 1. The molecule has 3 heteroatoms. The van der Waals surface area contributed by atoms with Gasteiger partial charge in [0.2, 0.25) is 0 Å². The van der Waals surface area contributed by atoms with Crippen molar-refractivity contribution in [2.45, 2.75) is 39.1 Å². The van der Waals surface area contributed by atoms with Gasteiger partial charge in [0.05, 0.1) is 6.07 Å². The molecule has 0 aromatic heterocycles. The second kappa shape index (κ2) is 4.83. The number of nitriles is 1. The molecule has 0 aromatic rings. The lowest BCUT2D eigenvalue weighted by atomic mass is 9.87. The van der Waals surface area contributed by atoms with Crippen molar-refractivity contribution < 1.29 is 0 Å². The van der Waals surface area contributed by atoms with Crippen LogP contribution < -0.4 is 0 Å². The van der Waals surface area contributed by atoms with E-state index in [0.717, 1.165) is 0 Å². The third kappa shape index (κ3) is 4.50. The molecular formula is C10H19ClN2. The van der Waals surface area contributed by atoms with Crippen molar-refractivity contribution in [3.05, 3.63) is 0 Å². The van der Waals surface area contributed by atoms with E-state index in [-0.39, 0.29) is 5.41 Å². The van der Waals surface area contributed by atoms with Gasteiger partial charge in [-0.05, 0) is 19.4 Å². The molecule has 2 nitrogen and oxygen atoms in total. The van der Waals surface area contributed by atoms with Gasteiger partial charge in [0, 0.05) is 12.6 Å². The summed E-state index contributed by atoms with van der Waals surface area (Å²) in [7, 11) is 2.00. The first-order valence-corrected chi connectivity index (χ1v) is 4.96. The van der Waals surface area contributed by atoms with Gasteiger partial charge in [-0.2, -0.15) is 5.26 Å². The molecule has 0 N–H and O–H groups in total. The van der Waals surface area contributed by atoms with E-state index in [0.29, 0.717) is 12.6 Å². The molecular weight excluding hydrogens is 184 g/mol. The number of hydrogen-bond acceptors (Lipinski definition) is 2. The Hall–Kier alpha value is -0.260. The molecule has 0 heterocycles. The maximum absolute atomic E-state index is 8.56. The molecule has 0 aliphatic carbocycles. The Bertz CT molecular complexity index is 190. The van der Waals surface area contributed by atoms with E-state index in [9.17, 15) is 0 Å². The Morgan fingerprint density at radius 1 is 1.46 bits per heavy atom. The van der Waals surface area contributed by atoms with Gasteiger partial charge in [-0.25, -0.2) is 0 Å². The molecule has 0 saturated carbocycles. The standard InChI is InChI=1S/C10H19ClN2/c1-8(10(2,3)4)13(5)7-9(11)6-12/h8-9H,7H2,1-5H3. The van der Waals surface area contributed by atoms with Crippen LogP contribution in [-0.4, -0.2) is 29.9 Å². The predicted octanol–water partition coefficient (Wildman–Crippen LogP) is 2.48. The summed E-state index contributed by atoms with van der Waals surface area (Å²) in [5.41, 5.74) is 0.223. The Morgan fingerprint density at radius 2 is 1.92 bits per heavy atom. The topological polar surface area (TPSA) is 27.0 Å². The molecule has 0 aliphatic heterocycles. The van der Waals surface area contributed by atoms with Gasteiger partial charge in [0.25, 0.3) is 0 Å². The third-order valence-corrected chi connectivity index (χ3v) is 2.74. The molecule has 0 fully saturated rings. The molecule has 0 aliphatic rings. The van der Waals surface area contributed by atoms with E-state index in [2.05, 4.69) is 32.6 Å². The quantitative estimate of drug-likeness (QED) is 0.658. The first-order valence-electron chi connectivity index (χ1n) is 4.53. The van der Waals surface area contributed by atoms with Gasteiger partial charge in [-0.1, -0.05) is 20.8 Å². The summed E-state index contributed by atoms with van der Waals surface area (Å²) >= 11 is 5.75. The lowest BCUT2D eigenvalue weighted by Gasteiger charge is -2.35. The molecule has 2 atom stereocenters. The van der Waals surface area contributed by atoms with Crippen LogP contribution in [0.5, 0.6) is 0 Å². The van der Waals surface area contributed by atoms with Gasteiger partial charge >= 0.3 is 0 Å². The Labute approximate surface area is 86.5 Å². The van der Waals surface area contributed by atoms with Crippen LogP contribution in [0.4, 0.5) is 0 Å². The zero-order chi connectivity index (χ0) is 10.6. The Kier molecular flexibility index (Phi) is 4.74. The van der Waals surface area contributed by atoms with Crippen LogP contribution in [0, 0.1) is 16.7 Å². The van der Waals surface area contributed by atoms with Crippen LogP contribution in [0.15, 0.2) is 0 Å². The zero-order valence-electron chi connectivity index (χ0n) is 9.13. The average Bonchev–Trinajstić information content (AvgIpc) is 2.01. The van der Waals surface area contributed by atoms with Crippen molar-refractivity contribution in [3.63, 3.8) is 0 Å². The van der Waals surface area contributed by atoms with Crippen LogP contribution in [0.3, 0.4) is 0 Å². The van der Waals surface area contributed by atoms with Crippen molar-refractivity contribution >= 4 is 11.6 Å². The van der Waals surface area contributed by atoms with Crippen molar-refractivity contribution in [3.8, 4) is 6.07 Å².